The second-order valence-electron chi connectivity index (χ2n) is 9.37. The maximum atomic E-state index is 3.89. The molecule has 160 valence electrons. The third kappa shape index (κ3) is 3.33. The van der Waals surface area contributed by atoms with Crippen LogP contribution in [0.3, 0.4) is 0 Å². The molecule has 3 aromatic carbocycles. The fraction of sp³-hybridized carbons (Fsp3) is 0.226. The van der Waals surface area contributed by atoms with E-state index in [0.717, 1.165) is 12.1 Å². The summed E-state index contributed by atoms with van der Waals surface area (Å²) in [5.41, 5.74) is 12.0. The van der Waals surface area contributed by atoms with Gasteiger partial charge in [-0.25, -0.2) is 0 Å². The molecule has 0 atom stereocenters. The van der Waals surface area contributed by atoms with Crippen molar-refractivity contribution in [1.82, 2.24) is 0 Å². The van der Waals surface area contributed by atoms with Gasteiger partial charge < -0.3 is 4.90 Å². The molecule has 0 bridgehead atoms. The monoisotopic (exact) mass is 417 g/mol. The molecule has 5 rings (SSSR count). The molecule has 1 aliphatic carbocycles. The molecule has 2 aliphatic rings. The zero-order chi connectivity index (χ0) is 22.3. The Morgan fingerprint density at radius 2 is 1.72 bits per heavy atom. The minimum atomic E-state index is -0.0261. The topological polar surface area (TPSA) is 3.24 Å². The van der Waals surface area contributed by atoms with Crippen molar-refractivity contribution in [2.24, 2.45) is 0 Å². The summed E-state index contributed by atoms with van der Waals surface area (Å²) in [6, 6.07) is 22.8. The Morgan fingerprint density at radius 1 is 0.969 bits per heavy atom. The highest BCUT2D eigenvalue weighted by molar-refractivity contribution is 5.84. The molecule has 32 heavy (non-hydrogen) atoms. The Morgan fingerprint density at radius 3 is 2.50 bits per heavy atom. The quantitative estimate of drug-likeness (QED) is 0.386. The number of nitrogens with zero attached hydrogens (tertiary/aromatic N) is 1. The Kier molecular flexibility index (Phi) is 5.13. The van der Waals surface area contributed by atoms with E-state index in [-0.39, 0.29) is 5.41 Å². The van der Waals surface area contributed by atoms with Crippen molar-refractivity contribution in [2.75, 3.05) is 11.4 Å². The van der Waals surface area contributed by atoms with E-state index >= 15 is 0 Å². The number of aryl methyl sites for hydroxylation is 1. The molecule has 1 nitrogen and oxygen atoms in total. The zero-order valence-corrected chi connectivity index (χ0v) is 19.4. The van der Waals surface area contributed by atoms with Crippen molar-refractivity contribution in [3.8, 4) is 11.1 Å². The van der Waals surface area contributed by atoms with Crippen LogP contribution in [0.25, 0.3) is 17.2 Å². The molecule has 0 spiro atoms. The van der Waals surface area contributed by atoms with E-state index in [1.54, 1.807) is 0 Å². The van der Waals surface area contributed by atoms with E-state index in [4.69, 9.17) is 0 Å². The van der Waals surface area contributed by atoms with Crippen molar-refractivity contribution in [1.29, 1.82) is 0 Å². The molecule has 0 radical (unpaired) electrons. The van der Waals surface area contributed by atoms with Gasteiger partial charge in [0.2, 0.25) is 0 Å². The van der Waals surface area contributed by atoms with Gasteiger partial charge in [0, 0.05) is 23.3 Å². The summed E-state index contributed by atoms with van der Waals surface area (Å²) in [5.74, 6) is 0. The predicted molar refractivity (Wildman–Crippen MR) is 139 cm³/mol. The van der Waals surface area contributed by atoms with E-state index in [0.29, 0.717) is 0 Å². The summed E-state index contributed by atoms with van der Waals surface area (Å²) in [7, 11) is 0. The number of hydrogen-bond donors (Lipinski definition) is 0. The van der Waals surface area contributed by atoms with Crippen molar-refractivity contribution >= 4 is 17.5 Å². The van der Waals surface area contributed by atoms with Crippen LogP contribution in [-0.2, 0) is 11.8 Å². The Hall–Kier alpha value is -3.32. The van der Waals surface area contributed by atoms with Gasteiger partial charge in [0.05, 0.1) is 0 Å². The third-order valence-corrected chi connectivity index (χ3v) is 7.14. The van der Waals surface area contributed by atoms with Gasteiger partial charge in [0.1, 0.15) is 0 Å². The average Bonchev–Trinajstić information content (AvgIpc) is 3.05. The fourth-order valence-corrected chi connectivity index (χ4v) is 5.29. The first-order valence-electron chi connectivity index (χ1n) is 11.6. The van der Waals surface area contributed by atoms with Crippen LogP contribution in [0.4, 0.5) is 11.4 Å². The molecule has 0 unspecified atom stereocenters. The van der Waals surface area contributed by atoms with E-state index in [9.17, 15) is 0 Å². The van der Waals surface area contributed by atoms with Crippen molar-refractivity contribution in [3.05, 3.63) is 113 Å². The molecule has 0 fully saturated rings. The molecule has 0 saturated heterocycles. The highest BCUT2D eigenvalue weighted by Crippen LogP contribution is 2.50. The predicted octanol–water partition coefficient (Wildman–Crippen LogP) is 8.22. The lowest BCUT2D eigenvalue weighted by Gasteiger charge is -2.32. The first-order valence-corrected chi connectivity index (χ1v) is 11.6. The highest BCUT2D eigenvalue weighted by Gasteiger charge is 2.36. The number of benzene rings is 3. The standard InChI is InChI=1S/C31H31N/c1-5-22(6-2)13-14-23-15-17-26-27-18-16-25(21-29(27)31(3,4)28(26)20-23)32-19-9-11-24-10-7-8-12-30(24)32/h5-8,10,12-18,20-21H,1,9,11,19H2,2-4H3. The lowest BCUT2D eigenvalue weighted by Crippen LogP contribution is -2.25. The van der Waals surface area contributed by atoms with Crippen molar-refractivity contribution in [3.63, 3.8) is 0 Å². The minimum Gasteiger partial charge on any atom is -0.341 e. The van der Waals surface area contributed by atoms with Crippen LogP contribution in [0.15, 0.2) is 91.0 Å². The molecule has 3 aromatic rings. The SMILES string of the molecule is C=CC(C=Cc1ccc2c(c1)C(C)(C)c1cc(N3CCCc4ccccc43)ccc1-2)=CC. The number of para-hydroxylation sites is 1. The molecular weight excluding hydrogens is 386 g/mol. The van der Waals surface area contributed by atoms with Crippen LogP contribution in [0, 0.1) is 0 Å². The van der Waals surface area contributed by atoms with Crippen molar-refractivity contribution < 1.29 is 0 Å². The average molecular weight is 418 g/mol. The van der Waals surface area contributed by atoms with Crippen LogP contribution in [0.5, 0.6) is 0 Å². The first kappa shape index (κ1) is 20.6. The van der Waals surface area contributed by atoms with Crippen LogP contribution in [0.2, 0.25) is 0 Å². The lowest BCUT2D eigenvalue weighted by molar-refractivity contribution is 0.659. The second kappa shape index (κ2) is 7.98. The Bertz CT molecular complexity index is 1260. The minimum absolute atomic E-state index is 0.0261. The van der Waals surface area contributed by atoms with Crippen LogP contribution < -0.4 is 4.90 Å². The summed E-state index contributed by atoms with van der Waals surface area (Å²) in [6.07, 6.45) is 10.7. The largest absolute Gasteiger partial charge is 0.341 e. The Balaban J connectivity index is 1.54. The molecule has 0 aromatic heterocycles. The van der Waals surface area contributed by atoms with Crippen LogP contribution in [0.1, 0.15) is 49.4 Å². The normalized spacial score (nSPS) is 16.6. The third-order valence-electron chi connectivity index (χ3n) is 7.14. The number of allylic oxidation sites excluding steroid dienone is 4. The number of hydrogen-bond acceptors (Lipinski definition) is 1. The van der Waals surface area contributed by atoms with E-state index in [2.05, 4.69) is 104 Å². The molecule has 0 amide bonds. The van der Waals surface area contributed by atoms with Gasteiger partial charge in [-0.1, -0.05) is 87.2 Å². The fourth-order valence-electron chi connectivity index (χ4n) is 5.29. The molecule has 1 aliphatic heterocycles. The van der Waals surface area contributed by atoms with Gasteiger partial charge in [0.15, 0.2) is 0 Å². The summed E-state index contributed by atoms with van der Waals surface area (Å²) in [4.78, 5) is 2.50. The van der Waals surface area contributed by atoms with Gasteiger partial charge in [0.25, 0.3) is 0 Å². The zero-order valence-electron chi connectivity index (χ0n) is 19.4. The van der Waals surface area contributed by atoms with Gasteiger partial charge in [-0.15, -0.1) is 0 Å². The maximum Gasteiger partial charge on any atom is 0.0443 e. The van der Waals surface area contributed by atoms with Gasteiger partial charge >= 0.3 is 0 Å². The maximum absolute atomic E-state index is 3.89. The molecular formula is C31H31N. The molecule has 0 saturated carbocycles. The van der Waals surface area contributed by atoms with Crippen molar-refractivity contribution in [2.45, 2.75) is 39.0 Å². The van der Waals surface area contributed by atoms with Crippen LogP contribution in [-0.4, -0.2) is 6.54 Å². The first-order chi connectivity index (χ1) is 15.5. The van der Waals surface area contributed by atoms with Gasteiger partial charge in [-0.2, -0.15) is 0 Å². The van der Waals surface area contributed by atoms with E-state index in [1.165, 1.54) is 57.6 Å². The van der Waals surface area contributed by atoms with E-state index < -0.39 is 0 Å². The molecule has 0 N–H and O–H groups in total. The van der Waals surface area contributed by atoms with Crippen LogP contribution >= 0.6 is 0 Å². The lowest BCUT2D eigenvalue weighted by atomic mass is 9.81. The highest BCUT2D eigenvalue weighted by atomic mass is 15.1. The van der Waals surface area contributed by atoms with Gasteiger partial charge in [-0.3, -0.25) is 0 Å². The second-order valence-corrected chi connectivity index (χ2v) is 9.37. The van der Waals surface area contributed by atoms with Gasteiger partial charge in [-0.05, 0) is 76.9 Å². The summed E-state index contributed by atoms with van der Waals surface area (Å²) in [5, 5.41) is 0. The molecule has 1 heterocycles. The smallest absolute Gasteiger partial charge is 0.0443 e. The molecule has 1 heteroatoms. The van der Waals surface area contributed by atoms with E-state index in [1.807, 2.05) is 13.0 Å². The summed E-state index contributed by atoms with van der Waals surface area (Å²) < 4.78 is 0. The number of fused-ring (bicyclic) bond motifs is 4. The Labute approximate surface area is 192 Å². The number of rotatable bonds is 4. The number of anilines is 2. The summed E-state index contributed by atoms with van der Waals surface area (Å²) >= 11 is 0. The summed E-state index contributed by atoms with van der Waals surface area (Å²) in [6.45, 7) is 11.7.